The Bertz CT molecular complexity index is 886. The highest BCUT2D eigenvalue weighted by atomic mass is 16.6. The molecule has 0 atom stereocenters. The van der Waals surface area contributed by atoms with Crippen molar-refractivity contribution in [1.82, 2.24) is 4.90 Å². The third-order valence-electron chi connectivity index (χ3n) is 9.13. The molecule has 0 N–H and O–H groups in total. The fourth-order valence-electron chi connectivity index (χ4n) is 5.60. The molecule has 0 aromatic carbocycles. The Labute approximate surface area is 383 Å². The van der Waals surface area contributed by atoms with Crippen molar-refractivity contribution in [1.29, 1.82) is 0 Å². The van der Waals surface area contributed by atoms with Gasteiger partial charge in [-0.2, -0.15) is 0 Å². The van der Waals surface area contributed by atoms with Crippen LogP contribution >= 0.6 is 0 Å². The average Bonchev–Trinajstić information content (AvgIpc) is 3.26. The molecule has 0 saturated heterocycles. The Hall–Kier alpha value is -1.25. The zero-order chi connectivity index (χ0) is 45.8. The third-order valence-corrected chi connectivity index (χ3v) is 9.13. The predicted molar refractivity (Wildman–Crippen MR) is 245 cm³/mol. The maximum absolute atomic E-state index is 11.9. The van der Waals surface area contributed by atoms with Gasteiger partial charge in [0.15, 0.2) is 0 Å². The molecular weight excluding hydrogens is 819 g/mol. The molecule has 0 aliphatic rings. The number of hydrogen-bond acceptors (Lipinski definition) is 15. The first-order chi connectivity index (χ1) is 30.9. The van der Waals surface area contributed by atoms with E-state index in [2.05, 4.69) is 6.92 Å². The second-order valence-electron chi connectivity index (χ2n) is 16.1. The van der Waals surface area contributed by atoms with Gasteiger partial charge in [-0.15, -0.1) is 0 Å². The molecule has 63 heavy (non-hydrogen) atoms. The maximum Gasteiger partial charge on any atom is 0.410 e. The molecule has 0 radical (unpaired) electrons. The maximum atomic E-state index is 11.9. The fourth-order valence-corrected chi connectivity index (χ4v) is 5.60. The van der Waals surface area contributed by atoms with Crippen LogP contribution in [-0.4, -0.2) is 202 Å². The lowest BCUT2D eigenvalue weighted by Crippen LogP contribution is -2.36. The molecule has 0 aromatic heterocycles. The summed E-state index contributed by atoms with van der Waals surface area (Å²) in [5.74, 6) is 0. The average molecular weight is 914 g/mol. The minimum Gasteiger partial charge on any atom is -0.444 e. The highest BCUT2D eigenvalue weighted by molar-refractivity contribution is 5.67. The van der Waals surface area contributed by atoms with E-state index in [9.17, 15) is 4.79 Å². The Morgan fingerprint density at radius 1 is 0.317 bits per heavy atom. The molecule has 16 heteroatoms. The molecule has 0 aromatic rings. The van der Waals surface area contributed by atoms with Gasteiger partial charge in [0.25, 0.3) is 0 Å². The van der Waals surface area contributed by atoms with Crippen molar-refractivity contribution in [2.24, 2.45) is 0 Å². The van der Waals surface area contributed by atoms with E-state index in [0.717, 1.165) is 13.0 Å². The van der Waals surface area contributed by atoms with Crippen LogP contribution in [0.5, 0.6) is 0 Å². The molecule has 378 valence electrons. The van der Waals surface area contributed by atoms with Crippen LogP contribution in [0.1, 0.15) is 111 Å². The van der Waals surface area contributed by atoms with Crippen LogP contribution in [0.3, 0.4) is 0 Å². The zero-order valence-corrected chi connectivity index (χ0v) is 40.9. The van der Waals surface area contributed by atoms with E-state index in [-0.39, 0.29) is 6.09 Å². The first kappa shape index (κ1) is 61.8. The Kier molecular flexibility index (Phi) is 50.7. The first-order valence-corrected chi connectivity index (χ1v) is 24.3. The van der Waals surface area contributed by atoms with E-state index >= 15 is 0 Å². The largest absolute Gasteiger partial charge is 0.444 e. The van der Waals surface area contributed by atoms with E-state index in [1.165, 1.54) is 81.9 Å². The molecule has 0 fully saturated rings. The van der Waals surface area contributed by atoms with E-state index in [1.807, 2.05) is 20.8 Å². The monoisotopic (exact) mass is 914 g/mol. The summed E-state index contributed by atoms with van der Waals surface area (Å²) in [5, 5.41) is 0. The molecule has 0 heterocycles. The van der Waals surface area contributed by atoms with Crippen molar-refractivity contribution in [3.63, 3.8) is 0 Å². The van der Waals surface area contributed by atoms with E-state index < -0.39 is 5.60 Å². The van der Waals surface area contributed by atoms with E-state index in [0.29, 0.717) is 172 Å². The topological polar surface area (TPSA) is 150 Å². The van der Waals surface area contributed by atoms with Crippen LogP contribution in [0.15, 0.2) is 0 Å². The van der Waals surface area contributed by atoms with Gasteiger partial charge in [-0.05, 0) is 27.2 Å². The number of nitrogens with zero attached hydrogens (tertiary/aromatic N) is 1. The highest BCUT2D eigenvalue weighted by Crippen LogP contribution is 2.12. The molecule has 0 aliphatic carbocycles. The Balaban J connectivity index is 3.12. The lowest BCUT2D eigenvalue weighted by Gasteiger charge is -2.24. The number of hydrogen-bond donors (Lipinski definition) is 0. The van der Waals surface area contributed by atoms with Gasteiger partial charge in [-0.25, -0.2) is 4.79 Å². The molecule has 0 rings (SSSR count). The summed E-state index contributed by atoms with van der Waals surface area (Å²) in [6.45, 7) is 21.8. The van der Waals surface area contributed by atoms with E-state index in [4.69, 9.17) is 66.3 Å². The second-order valence-corrected chi connectivity index (χ2v) is 16.1. The molecule has 0 unspecified atom stereocenters. The highest BCUT2D eigenvalue weighted by Gasteiger charge is 2.19. The summed E-state index contributed by atoms with van der Waals surface area (Å²) in [4.78, 5) is 13.4. The second kappa shape index (κ2) is 51.7. The standard InChI is InChI=1S/C47H95NO15/c1-6-7-8-9-10-11-12-13-14-15-16-17-18-20-50-22-24-52-26-28-54-30-32-56-34-36-58-38-40-60-42-44-62-45-43-61-41-39-59-37-35-57-33-31-55-29-27-53-25-23-51-21-19-48(5)46(49)63-47(2,3)4/h6-45H2,1-5H3. The molecular formula is C47H95NO15. The van der Waals surface area contributed by atoms with Crippen LogP contribution in [-0.2, 0) is 66.3 Å². The van der Waals surface area contributed by atoms with Gasteiger partial charge < -0.3 is 71.2 Å². The van der Waals surface area contributed by atoms with Crippen molar-refractivity contribution in [2.75, 3.05) is 185 Å². The van der Waals surface area contributed by atoms with Crippen LogP contribution < -0.4 is 0 Å². The van der Waals surface area contributed by atoms with Crippen LogP contribution in [0.4, 0.5) is 4.79 Å². The van der Waals surface area contributed by atoms with Crippen molar-refractivity contribution in [2.45, 2.75) is 117 Å². The van der Waals surface area contributed by atoms with Gasteiger partial charge in [0.1, 0.15) is 5.60 Å². The number of unbranched alkanes of at least 4 members (excludes halogenated alkanes) is 12. The first-order valence-electron chi connectivity index (χ1n) is 24.3. The minimum absolute atomic E-state index is 0.364. The SMILES string of the molecule is CCCCCCCCCCCCCCCOCCOCCOCCOCCOCCOCCOCCOCCOCCOCCOCCOCCOCCN(C)C(=O)OC(C)(C)C. The minimum atomic E-state index is -0.512. The molecule has 16 nitrogen and oxygen atoms in total. The third kappa shape index (κ3) is 55.0. The van der Waals surface area contributed by atoms with Gasteiger partial charge in [-0.3, -0.25) is 0 Å². The summed E-state index contributed by atoms with van der Waals surface area (Å²) < 4.78 is 77.2. The normalized spacial score (nSPS) is 11.8. The molecule has 0 spiro atoms. The van der Waals surface area contributed by atoms with Crippen molar-refractivity contribution in [3.05, 3.63) is 0 Å². The number of carbonyl (C=O) groups is 1. The quantitative estimate of drug-likeness (QED) is 0.0568. The zero-order valence-electron chi connectivity index (χ0n) is 40.9. The number of carbonyl (C=O) groups excluding carboxylic acids is 1. The lowest BCUT2D eigenvalue weighted by atomic mass is 10.0. The summed E-state index contributed by atoms with van der Waals surface area (Å²) in [5.41, 5.74) is -0.512. The van der Waals surface area contributed by atoms with Gasteiger partial charge in [0, 0.05) is 20.2 Å². The molecule has 0 aliphatic heterocycles. The van der Waals surface area contributed by atoms with Crippen molar-refractivity contribution >= 4 is 6.09 Å². The van der Waals surface area contributed by atoms with Crippen LogP contribution in [0.25, 0.3) is 0 Å². The van der Waals surface area contributed by atoms with Gasteiger partial charge in [0.05, 0.1) is 165 Å². The molecule has 0 saturated carbocycles. The number of likely N-dealkylation sites (N-methyl/N-ethyl adjacent to an activating group) is 1. The lowest BCUT2D eigenvalue weighted by molar-refractivity contribution is -0.0291. The summed E-state index contributed by atoms with van der Waals surface area (Å²) in [6, 6.07) is 0. The Morgan fingerprint density at radius 3 is 0.762 bits per heavy atom. The van der Waals surface area contributed by atoms with Crippen LogP contribution in [0, 0.1) is 0 Å². The number of amides is 1. The predicted octanol–water partition coefficient (Wildman–Crippen LogP) is 7.16. The van der Waals surface area contributed by atoms with Crippen LogP contribution in [0.2, 0.25) is 0 Å². The summed E-state index contributed by atoms with van der Waals surface area (Å²) in [6.07, 6.45) is 17.4. The van der Waals surface area contributed by atoms with E-state index in [1.54, 1.807) is 7.05 Å². The van der Waals surface area contributed by atoms with Crippen molar-refractivity contribution < 1.29 is 71.1 Å². The smallest absolute Gasteiger partial charge is 0.410 e. The molecule has 1 amide bonds. The van der Waals surface area contributed by atoms with Gasteiger partial charge in [0.2, 0.25) is 0 Å². The molecule has 0 bridgehead atoms. The summed E-state index contributed by atoms with van der Waals surface area (Å²) in [7, 11) is 1.68. The number of ether oxygens (including phenoxy) is 14. The summed E-state index contributed by atoms with van der Waals surface area (Å²) >= 11 is 0. The van der Waals surface area contributed by atoms with Gasteiger partial charge in [-0.1, -0.05) is 84.0 Å². The van der Waals surface area contributed by atoms with Crippen molar-refractivity contribution in [3.8, 4) is 0 Å². The Morgan fingerprint density at radius 2 is 0.524 bits per heavy atom. The fraction of sp³-hybridized carbons (Fsp3) is 0.979. The number of rotatable bonds is 53. The van der Waals surface area contributed by atoms with Gasteiger partial charge >= 0.3 is 6.09 Å².